The lowest BCUT2D eigenvalue weighted by atomic mass is 9.65. The van der Waals surface area contributed by atoms with Crippen LogP contribution in [0.2, 0.25) is 0 Å². The van der Waals surface area contributed by atoms with Gasteiger partial charge in [0.2, 0.25) is 0 Å². The lowest BCUT2D eigenvalue weighted by Gasteiger charge is -2.42. The van der Waals surface area contributed by atoms with Gasteiger partial charge in [-0.05, 0) is 78.1 Å². The third-order valence-electron chi connectivity index (χ3n) is 5.76. The molecular formula is C23H21ClO2. The van der Waals surface area contributed by atoms with Gasteiger partial charge in [0.25, 0.3) is 0 Å². The molecule has 0 fully saturated rings. The van der Waals surface area contributed by atoms with Crippen molar-refractivity contribution < 1.29 is 10.2 Å². The molecule has 0 radical (unpaired) electrons. The van der Waals surface area contributed by atoms with Gasteiger partial charge in [-0.1, -0.05) is 47.9 Å². The van der Waals surface area contributed by atoms with E-state index in [0.29, 0.717) is 12.2 Å². The Bertz CT molecular complexity index is 920. The summed E-state index contributed by atoms with van der Waals surface area (Å²) >= 11 is 5.70. The molecule has 0 unspecified atom stereocenters. The highest BCUT2D eigenvalue weighted by atomic mass is 35.5. The van der Waals surface area contributed by atoms with Crippen molar-refractivity contribution in [1.82, 2.24) is 0 Å². The molecule has 0 saturated heterocycles. The minimum Gasteiger partial charge on any atom is -0.508 e. The number of phenolic OH excluding ortho intramolecular Hbond substituents is 1. The molecule has 3 heteroatoms. The minimum absolute atomic E-state index is 0.0677. The summed E-state index contributed by atoms with van der Waals surface area (Å²) in [6.07, 6.45) is 3.85. The second-order valence-corrected chi connectivity index (χ2v) is 7.42. The van der Waals surface area contributed by atoms with E-state index in [1.165, 1.54) is 27.8 Å². The number of hydrogen-bond donors (Lipinski definition) is 2. The lowest BCUT2D eigenvalue weighted by molar-refractivity contribution is 0.0393. The first kappa shape index (κ1) is 17.2. The summed E-state index contributed by atoms with van der Waals surface area (Å²) < 4.78 is 0. The zero-order chi connectivity index (χ0) is 18.1. The molecule has 2 nitrogen and oxygen atoms in total. The summed E-state index contributed by atoms with van der Waals surface area (Å²) in [6.45, 7) is 0. The van der Waals surface area contributed by atoms with E-state index < -0.39 is 5.60 Å². The number of fused-ring (bicyclic) bond motifs is 2. The molecule has 0 heterocycles. The number of phenols is 1. The topological polar surface area (TPSA) is 40.5 Å². The first-order chi connectivity index (χ1) is 12.6. The number of aliphatic hydroxyl groups is 1. The zero-order valence-electron chi connectivity index (χ0n) is 14.5. The third kappa shape index (κ3) is 3.03. The van der Waals surface area contributed by atoms with Crippen LogP contribution >= 0.6 is 11.6 Å². The van der Waals surface area contributed by atoms with Crippen molar-refractivity contribution in [2.75, 3.05) is 0 Å². The molecule has 0 spiro atoms. The first-order valence-corrected chi connectivity index (χ1v) is 9.42. The molecule has 2 atom stereocenters. The second kappa shape index (κ2) is 6.83. The molecule has 2 aliphatic carbocycles. The highest BCUT2D eigenvalue weighted by molar-refractivity contribution is 6.30. The van der Waals surface area contributed by atoms with Crippen LogP contribution in [0.3, 0.4) is 0 Å². The van der Waals surface area contributed by atoms with Gasteiger partial charge >= 0.3 is 0 Å². The fourth-order valence-corrected chi connectivity index (χ4v) is 4.67. The van der Waals surface area contributed by atoms with E-state index in [0.717, 1.165) is 25.7 Å². The van der Waals surface area contributed by atoms with Crippen molar-refractivity contribution >= 4 is 17.2 Å². The summed E-state index contributed by atoms with van der Waals surface area (Å²) in [7, 11) is 0. The molecule has 132 valence electrons. The predicted octanol–water partition coefficient (Wildman–Crippen LogP) is 4.68. The van der Waals surface area contributed by atoms with Gasteiger partial charge in [-0.3, -0.25) is 0 Å². The smallest absolute Gasteiger partial charge is 0.133 e. The van der Waals surface area contributed by atoms with Gasteiger partial charge in [0.15, 0.2) is 0 Å². The summed E-state index contributed by atoms with van der Waals surface area (Å²) in [6, 6.07) is 15.9. The Balaban J connectivity index is 1.81. The fourth-order valence-electron chi connectivity index (χ4n) is 4.51. The van der Waals surface area contributed by atoms with Crippen molar-refractivity contribution in [2.45, 2.75) is 37.7 Å². The Labute approximate surface area is 159 Å². The number of aromatic hydroxyl groups is 1. The average molecular weight is 365 g/mol. The van der Waals surface area contributed by atoms with Gasteiger partial charge in [0.05, 0.1) is 0 Å². The van der Waals surface area contributed by atoms with Crippen LogP contribution in [-0.4, -0.2) is 15.8 Å². The number of benzene rings is 2. The summed E-state index contributed by atoms with van der Waals surface area (Å²) in [4.78, 5) is 0. The molecular weight excluding hydrogens is 344 g/mol. The third-order valence-corrected chi connectivity index (χ3v) is 5.86. The Morgan fingerprint density at radius 2 is 1.88 bits per heavy atom. The molecule has 0 aliphatic heterocycles. The number of aryl methyl sites for hydroxylation is 1. The highest BCUT2D eigenvalue weighted by Crippen LogP contribution is 2.48. The standard InChI is InChI=1S/C23H21ClO2/c24-13-12-23(26)11-10-20-19-9-7-18(25)15-17(19)6-8-21(20)22(23)14-16-4-2-1-3-5-16/h1-5,7,9,15,22,25-26H,6,8,10-11,14H2/t22-,23+/m1/s1. The van der Waals surface area contributed by atoms with E-state index in [2.05, 4.69) is 23.4 Å². The highest BCUT2D eigenvalue weighted by Gasteiger charge is 2.43. The van der Waals surface area contributed by atoms with E-state index >= 15 is 0 Å². The first-order valence-electron chi connectivity index (χ1n) is 9.04. The Morgan fingerprint density at radius 1 is 1.08 bits per heavy atom. The lowest BCUT2D eigenvalue weighted by Crippen LogP contribution is -2.42. The molecule has 26 heavy (non-hydrogen) atoms. The maximum atomic E-state index is 11.3. The molecule has 2 aliphatic rings. The van der Waals surface area contributed by atoms with E-state index in [-0.39, 0.29) is 5.92 Å². The quantitative estimate of drug-likeness (QED) is 0.760. The van der Waals surface area contributed by atoms with Gasteiger partial charge in [0.1, 0.15) is 11.4 Å². The second-order valence-electron chi connectivity index (χ2n) is 7.23. The van der Waals surface area contributed by atoms with Crippen LogP contribution in [0.5, 0.6) is 5.75 Å². The van der Waals surface area contributed by atoms with Crippen LogP contribution in [0.4, 0.5) is 0 Å². The Kier molecular flexibility index (Phi) is 4.53. The van der Waals surface area contributed by atoms with Gasteiger partial charge < -0.3 is 10.2 Å². The number of rotatable bonds is 2. The summed E-state index contributed by atoms with van der Waals surface area (Å²) in [5, 5.41) is 23.5. The van der Waals surface area contributed by atoms with Crippen molar-refractivity contribution in [3.8, 4) is 17.0 Å². The Morgan fingerprint density at radius 3 is 2.65 bits per heavy atom. The van der Waals surface area contributed by atoms with Gasteiger partial charge in [-0.15, -0.1) is 0 Å². The van der Waals surface area contributed by atoms with Gasteiger partial charge in [-0.2, -0.15) is 0 Å². The summed E-state index contributed by atoms with van der Waals surface area (Å²) in [5.41, 5.74) is 5.11. The number of halogens is 1. The van der Waals surface area contributed by atoms with Crippen LogP contribution in [-0.2, 0) is 12.8 Å². The molecule has 2 N–H and O–H groups in total. The van der Waals surface area contributed by atoms with E-state index in [4.69, 9.17) is 11.6 Å². The minimum atomic E-state index is -1.09. The zero-order valence-corrected chi connectivity index (χ0v) is 15.3. The van der Waals surface area contributed by atoms with Crippen molar-refractivity contribution in [3.63, 3.8) is 0 Å². The van der Waals surface area contributed by atoms with E-state index in [1.54, 1.807) is 6.07 Å². The van der Waals surface area contributed by atoms with Crippen LogP contribution in [0, 0.1) is 17.2 Å². The van der Waals surface area contributed by atoms with Crippen LogP contribution in [0.1, 0.15) is 36.0 Å². The van der Waals surface area contributed by atoms with Crippen molar-refractivity contribution in [3.05, 3.63) is 70.8 Å². The van der Waals surface area contributed by atoms with Crippen LogP contribution in [0.15, 0.2) is 54.1 Å². The number of hydrogen-bond acceptors (Lipinski definition) is 2. The molecule has 0 bridgehead atoms. The van der Waals surface area contributed by atoms with Crippen LogP contribution in [0.25, 0.3) is 5.57 Å². The van der Waals surface area contributed by atoms with Crippen molar-refractivity contribution in [2.24, 2.45) is 5.92 Å². The fraction of sp³-hybridized carbons (Fsp3) is 0.304. The SMILES string of the molecule is Oc1ccc2c(c1)CCC1=C2CC[C@](O)(C#CCl)[C@@H]1Cc1ccccc1. The maximum absolute atomic E-state index is 11.3. The molecule has 0 amide bonds. The molecule has 2 aromatic rings. The van der Waals surface area contributed by atoms with Crippen molar-refractivity contribution in [1.29, 1.82) is 0 Å². The van der Waals surface area contributed by atoms with Gasteiger partial charge in [0, 0.05) is 11.3 Å². The molecule has 2 aromatic carbocycles. The average Bonchev–Trinajstić information content (AvgIpc) is 2.64. The molecule has 0 aromatic heterocycles. The predicted molar refractivity (Wildman–Crippen MR) is 105 cm³/mol. The van der Waals surface area contributed by atoms with Gasteiger partial charge in [-0.25, -0.2) is 0 Å². The largest absolute Gasteiger partial charge is 0.508 e. The van der Waals surface area contributed by atoms with E-state index in [1.807, 2.05) is 30.3 Å². The normalized spacial score (nSPS) is 24.3. The molecule has 0 saturated carbocycles. The molecule has 4 rings (SSSR count). The number of allylic oxidation sites excluding steroid dienone is 1. The van der Waals surface area contributed by atoms with Crippen LogP contribution < -0.4 is 0 Å². The Hall–Kier alpha value is -2.21. The monoisotopic (exact) mass is 364 g/mol. The summed E-state index contributed by atoms with van der Waals surface area (Å²) in [5.74, 6) is 3.14. The maximum Gasteiger partial charge on any atom is 0.133 e. The van der Waals surface area contributed by atoms with E-state index in [9.17, 15) is 10.2 Å².